The molecule has 1 N–H and O–H groups in total. The average Bonchev–Trinajstić information content (AvgIpc) is 2.63. The van der Waals surface area contributed by atoms with Crippen molar-refractivity contribution in [2.45, 2.75) is 18.9 Å². The maximum Gasteiger partial charge on any atom is 0.319 e. The van der Waals surface area contributed by atoms with Gasteiger partial charge in [0.15, 0.2) is 0 Å². The van der Waals surface area contributed by atoms with Crippen LogP contribution in [0.2, 0.25) is 0 Å². The van der Waals surface area contributed by atoms with Crippen LogP contribution < -0.4 is 5.32 Å². The first-order chi connectivity index (χ1) is 6.70. The summed E-state index contributed by atoms with van der Waals surface area (Å²) in [6.07, 6.45) is 2.43. The van der Waals surface area contributed by atoms with E-state index in [9.17, 15) is 4.79 Å². The van der Waals surface area contributed by atoms with Crippen LogP contribution in [0.5, 0.6) is 0 Å². The second-order valence-electron chi connectivity index (χ2n) is 4.50. The molecule has 14 heavy (non-hydrogen) atoms. The predicted octanol–water partition coefficient (Wildman–Crippen LogP) is 0.352. The van der Waals surface area contributed by atoms with Gasteiger partial charge in [-0.3, -0.25) is 0 Å². The molecular weight excluding hydrogens is 178 g/mol. The number of amides is 2. The molecule has 0 bridgehead atoms. The molecular formula is C10H19N3O. The molecule has 0 aromatic rings. The topological polar surface area (TPSA) is 35.6 Å². The largest absolute Gasteiger partial charge is 0.331 e. The summed E-state index contributed by atoms with van der Waals surface area (Å²) in [6, 6.07) is 0.613. The van der Waals surface area contributed by atoms with Crippen molar-refractivity contribution in [2.75, 3.05) is 33.7 Å². The number of fused-ring (bicyclic) bond motifs is 1. The molecule has 2 fully saturated rings. The van der Waals surface area contributed by atoms with Gasteiger partial charge >= 0.3 is 6.03 Å². The Morgan fingerprint density at radius 3 is 2.93 bits per heavy atom. The lowest BCUT2D eigenvalue weighted by Gasteiger charge is -2.38. The number of carbonyl (C=O) groups is 1. The minimum absolute atomic E-state index is 0.170. The third kappa shape index (κ3) is 1.59. The van der Waals surface area contributed by atoms with Crippen molar-refractivity contribution >= 4 is 6.03 Å². The summed E-state index contributed by atoms with van der Waals surface area (Å²) in [5.74, 6) is 0.688. The average molecular weight is 197 g/mol. The SMILES string of the molecule is CN(C)C(=O)N1CCCC2CNCC21. The second kappa shape index (κ2) is 3.77. The third-order valence-corrected chi connectivity index (χ3v) is 3.31. The minimum Gasteiger partial charge on any atom is -0.331 e. The van der Waals surface area contributed by atoms with E-state index in [0.717, 1.165) is 26.1 Å². The first-order valence-electron chi connectivity index (χ1n) is 5.39. The van der Waals surface area contributed by atoms with Crippen LogP contribution in [-0.2, 0) is 0 Å². The van der Waals surface area contributed by atoms with Crippen molar-refractivity contribution in [3.63, 3.8) is 0 Å². The lowest BCUT2D eigenvalue weighted by molar-refractivity contribution is 0.117. The summed E-state index contributed by atoms with van der Waals surface area (Å²) in [4.78, 5) is 15.6. The van der Waals surface area contributed by atoms with Crippen molar-refractivity contribution in [3.05, 3.63) is 0 Å². The highest BCUT2D eigenvalue weighted by Crippen LogP contribution is 2.26. The Kier molecular flexibility index (Phi) is 2.63. The van der Waals surface area contributed by atoms with Crippen molar-refractivity contribution in [2.24, 2.45) is 5.92 Å². The Balaban J connectivity index is 2.06. The number of likely N-dealkylation sites (tertiary alicyclic amines) is 1. The molecule has 80 valence electrons. The molecule has 4 nitrogen and oxygen atoms in total. The van der Waals surface area contributed by atoms with Gasteiger partial charge in [-0.15, -0.1) is 0 Å². The first kappa shape index (κ1) is 9.77. The van der Waals surface area contributed by atoms with Crippen molar-refractivity contribution in [1.82, 2.24) is 15.1 Å². The number of urea groups is 1. The number of rotatable bonds is 0. The molecule has 2 amide bonds. The number of nitrogens with one attached hydrogen (secondary N) is 1. The second-order valence-corrected chi connectivity index (χ2v) is 4.50. The smallest absolute Gasteiger partial charge is 0.319 e. The summed E-state index contributed by atoms with van der Waals surface area (Å²) < 4.78 is 0. The summed E-state index contributed by atoms with van der Waals surface area (Å²) in [5, 5.41) is 3.38. The summed E-state index contributed by atoms with van der Waals surface area (Å²) in [6.45, 7) is 2.99. The number of carbonyl (C=O) groups excluding carboxylic acids is 1. The molecule has 0 radical (unpaired) electrons. The Morgan fingerprint density at radius 1 is 1.43 bits per heavy atom. The molecule has 2 aliphatic heterocycles. The van der Waals surface area contributed by atoms with Crippen LogP contribution in [0.4, 0.5) is 4.79 Å². The molecule has 2 atom stereocenters. The van der Waals surface area contributed by atoms with E-state index < -0.39 is 0 Å². The van der Waals surface area contributed by atoms with Gasteiger partial charge in [-0.1, -0.05) is 0 Å². The van der Waals surface area contributed by atoms with Crippen LogP contribution in [0.1, 0.15) is 12.8 Å². The number of hydrogen-bond donors (Lipinski definition) is 1. The van der Waals surface area contributed by atoms with Crippen LogP contribution >= 0.6 is 0 Å². The maximum atomic E-state index is 11.9. The molecule has 4 heteroatoms. The molecule has 0 aromatic heterocycles. The lowest BCUT2D eigenvalue weighted by atomic mass is 9.92. The monoisotopic (exact) mass is 197 g/mol. The van der Waals surface area contributed by atoms with E-state index in [2.05, 4.69) is 5.32 Å². The molecule has 0 aromatic carbocycles. The quantitative estimate of drug-likeness (QED) is 0.608. The molecule has 2 rings (SSSR count). The fourth-order valence-corrected chi connectivity index (χ4v) is 2.56. The summed E-state index contributed by atoms with van der Waals surface area (Å²) >= 11 is 0. The van der Waals surface area contributed by atoms with E-state index in [1.807, 2.05) is 19.0 Å². The van der Waals surface area contributed by atoms with Gasteiger partial charge in [0.25, 0.3) is 0 Å². The van der Waals surface area contributed by atoms with Crippen LogP contribution in [-0.4, -0.2) is 55.6 Å². The van der Waals surface area contributed by atoms with E-state index >= 15 is 0 Å². The normalized spacial score (nSPS) is 31.4. The molecule has 0 spiro atoms. The van der Waals surface area contributed by atoms with Crippen molar-refractivity contribution in [1.29, 1.82) is 0 Å². The van der Waals surface area contributed by atoms with Crippen molar-refractivity contribution < 1.29 is 4.79 Å². The van der Waals surface area contributed by atoms with E-state index in [-0.39, 0.29) is 6.03 Å². The molecule has 0 aliphatic carbocycles. The van der Waals surface area contributed by atoms with Gasteiger partial charge in [-0.2, -0.15) is 0 Å². The molecule has 2 heterocycles. The van der Waals surface area contributed by atoms with E-state index in [0.29, 0.717) is 12.0 Å². The Labute approximate surface area is 85.2 Å². The van der Waals surface area contributed by atoms with Crippen LogP contribution in [0.15, 0.2) is 0 Å². The fourth-order valence-electron chi connectivity index (χ4n) is 2.56. The van der Waals surface area contributed by atoms with Gasteiger partial charge in [-0.05, 0) is 18.8 Å². The van der Waals surface area contributed by atoms with Gasteiger partial charge in [0.1, 0.15) is 0 Å². The third-order valence-electron chi connectivity index (χ3n) is 3.31. The minimum atomic E-state index is 0.170. The summed E-state index contributed by atoms with van der Waals surface area (Å²) in [5.41, 5.74) is 0. The van der Waals surface area contributed by atoms with Crippen LogP contribution in [0.3, 0.4) is 0 Å². The van der Waals surface area contributed by atoms with Gasteiger partial charge in [0, 0.05) is 39.8 Å². The lowest BCUT2D eigenvalue weighted by Crippen LogP contribution is -2.51. The zero-order valence-electron chi connectivity index (χ0n) is 8.99. The number of hydrogen-bond acceptors (Lipinski definition) is 2. The van der Waals surface area contributed by atoms with Crippen molar-refractivity contribution in [3.8, 4) is 0 Å². The summed E-state index contributed by atoms with van der Waals surface area (Å²) in [7, 11) is 3.66. The number of piperidine rings is 1. The van der Waals surface area contributed by atoms with Gasteiger partial charge in [0.2, 0.25) is 0 Å². The highest BCUT2D eigenvalue weighted by atomic mass is 16.2. The van der Waals surface area contributed by atoms with E-state index in [1.165, 1.54) is 6.42 Å². The van der Waals surface area contributed by atoms with Gasteiger partial charge < -0.3 is 15.1 Å². The molecule has 2 saturated heterocycles. The fraction of sp³-hybridized carbons (Fsp3) is 0.900. The van der Waals surface area contributed by atoms with Crippen LogP contribution in [0.25, 0.3) is 0 Å². The molecule has 0 saturated carbocycles. The highest BCUT2D eigenvalue weighted by molar-refractivity contribution is 5.74. The first-order valence-corrected chi connectivity index (χ1v) is 5.39. The van der Waals surface area contributed by atoms with Gasteiger partial charge in [-0.25, -0.2) is 4.79 Å². The number of nitrogens with zero attached hydrogens (tertiary/aromatic N) is 2. The Bertz CT molecular complexity index is 229. The standard InChI is InChI=1S/C10H19N3O/c1-12(2)10(14)13-5-3-4-8-6-11-7-9(8)13/h8-9,11H,3-7H2,1-2H3. The predicted molar refractivity (Wildman–Crippen MR) is 55.2 cm³/mol. The highest BCUT2D eigenvalue weighted by Gasteiger charge is 2.37. The zero-order valence-corrected chi connectivity index (χ0v) is 8.99. The maximum absolute atomic E-state index is 11.9. The molecule has 2 aliphatic rings. The Hall–Kier alpha value is -0.770. The van der Waals surface area contributed by atoms with Gasteiger partial charge in [0.05, 0.1) is 0 Å². The van der Waals surface area contributed by atoms with E-state index in [4.69, 9.17) is 0 Å². The van der Waals surface area contributed by atoms with E-state index in [1.54, 1.807) is 4.90 Å². The zero-order chi connectivity index (χ0) is 10.1. The molecule has 2 unspecified atom stereocenters. The Morgan fingerprint density at radius 2 is 2.21 bits per heavy atom. The van der Waals surface area contributed by atoms with Crippen LogP contribution in [0, 0.1) is 5.92 Å².